The van der Waals surface area contributed by atoms with Crippen LogP contribution in [0.3, 0.4) is 0 Å². The second kappa shape index (κ2) is 5.91. The van der Waals surface area contributed by atoms with Crippen molar-refractivity contribution in [2.45, 2.75) is 32.1 Å². The van der Waals surface area contributed by atoms with Crippen LogP contribution >= 0.6 is 12.2 Å². The van der Waals surface area contributed by atoms with E-state index in [0.29, 0.717) is 0 Å². The molecule has 0 spiro atoms. The van der Waals surface area contributed by atoms with Crippen molar-refractivity contribution in [3.05, 3.63) is 30.3 Å². The average molecular weight is 274 g/mol. The number of hydrogen-bond acceptors (Lipinski definition) is 1. The van der Waals surface area contributed by atoms with Gasteiger partial charge in [-0.15, -0.1) is 0 Å². The molecular formula is C16H22N2S. The van der Waals surface area contributed by atoms with E-state index in [2.05, 4.69) is 22.3 Å². The first kappa shape index (κ1) is 12.9. The summed E-state index contributed by atoms with van der Waals surface area (Å²) in [7, 11) is 0. The van der Waals surface area contributed by atoms with Crippen molar-refractivity contribution >= 4 is 23.0 Å². The van der Waals surface area contributed by atoms with Crippen molar-refractivity contribution in [2.75, 3.05) is 18.4 Å². The first-order chi connectivity index (χ1) is 9.33. The summed E-state index contributed by atoms with van der Waals surface area (Å²) in [4.78, 5) is 2.37. The molecule has 0 aromatic heterocycles. The Labute approximate surface area is 121 Å². The quantitative estimate of drug-likeness (QED) is 0.782. The smallest absolute Gasteiger partial charge is 0.173 e. The zero-order chi connectivity index (χ0) is 13.1. The number of rotatable bonds is 1. The summed E-state index contributed by atoms with van der Waals surface area (Å²) in [5.74, 6) is 1.84. The molecule has 3 heteroatoms. The van der Waals surface area contributed by atoms with Gasteiger partial charge < -0.3 is 10.2 Å². The Bertz CT molecular complexity index is 432. The molecule has 0 unspecified atom stereocenters. The minimum Gasteiger partial charge on any atom is -0.349 e. The molecule has 0 radical (unpaired) electrons. The molecule has 0 amide bonds. The number of anilines is 1. The number of benzene rings is 1. The molecule has 2 fully saturated rings. The minimum absolute atomic E-state index is 0.873. The molecule has 1 saturated heterocycles. The van der Waals surface area contributed by atoms with Crippen LogP contribution in [-0.2, 0) is 0 Å². The Hall–Kier alpha value is -1.09. The summed E-state index contributed by atoms with van der Waals surface area (Å²) < 4.78 is 0. The Morgan fingerprint density at radius 3 is 2.58 bits per heavy atom. The van der Waals surface area contributed by atoms with E-state index in [-0.39, 0.29) is 0 Å². The Balaban J connectivity index is 1.59. The SMILES string of the molecule is S=C(Nc1ccccc1)N1CC[C@H]2CCCC[C@@H]2C1. The highest BCUT2D eigenvalue weighted by atomic mass is 32.1. The van der Waals surface area contributed by atoms with Crippen LogP contribution in [0.4, 0.5) is 5.69 Å². The second-order valence-corrected chi connectivity index (χ2v) is 6.22. The molecule has 1 heterocycles. The van der Waals surface area contributed by atoms with Crippen molar-refractivity contribution in [3.8, 4) is 0 Å². The second-order valence-electron chi connectivity index (χ2n) is 5.84. The van der Waals surface area contributed by atoms with Crippen molar-refractivity contribution in [3.63, 3.8) is 0 Å². The van der Waals surface area contributed by atoms with E-state index < -0.39 is 0 Å². The van der Waals surface area contributed by atoms with Gasteiger partial charge in [0.1, 0.15) is 0 Å². The summed E-state index contributed by atoms with van der Waals surface area (Å²) in [5, 5.41) is 4.26. The van der Waals surface area contributed by atoms with E-state index in [1.807, 2.05) is 18.2 Å². The van der Waals surface area contributed by atoms with Crippen LogP contribution in [0, 0.1) is 11.8 Å². The molecule has 102 valence electrons. The van der Waals surface area contributed by atoms with E-state index >= 15 is 0 Å². The lowest BCUT2D eigenvalue weighted by atomic mass is 9.75. The van der Waals surface area contributed by atoms with Crippen molar-refractivity contribution in [2.24, 2.45) is 11.8 Å². The van der Waals surface area contributed by atoms with Crippen LogP contribution in [0.25, 0.3) is 0 Å². The molecule has 1 aliphatic heterocycles. The van der Waals surface area contributed by atoms with E-state index in [4.69, 9.17) is 12.2 Å². The van der Waals surface area contributed by atoms with Crippen LogP contribution in [-0.4, -0.2) is 23.1 Å². The summed E-state index contributed by atoms with van der Waals surface area (Å²) >= 11 is 5.56. The lowest BCUT2D eigenvalue weighted by Crippen LogP contribution is -2.46. The zero-order valence-electron chi connectivity index (χ0n) is 11.3. The van der Waals surface area contributed by atoms with Crippen LogP contribution < -0.4 is 5.32 Å². The lowest BCUT2D eigenvalue weighted by molar-refractivity contribution is 0.131. The average Bonchev–Trinajstić information content (AvgIpc) is 2.48. The Morgan fingerprint density at radius 2 is 1.79 bits per heavy atom. The Kier molecular flexibility index (Phi) is 4.02. The van der Waals surface area contributed by atoms with Gasteiger partial charge in [-0.05, 0) is 49.0 Å². The van der Waals surface area contributed by atoms with Crippen molar-refractivity contribution < 1.29 is 0 Å². The number of fused-ring (bicyclic) bond motifs is 1. The molecule has 1 aromatic carbocycles. The first-order valence-electron chi connectivity index (χ1n) is 7.44. The van der Waals surface area contributed by atoms with E-state index in [1.54, 1.807) is 0 Å². The van der Waals surface area contributed by atoms with Gasteiger partial charge in [-0.25, -0.2) is 0 Å². The van der Waals surface area contributed by atoms with Crippen molar-refractivity contribution in [1.29, 1.82) is 0 Å². The van der Waals surface area contributed by atoms with Gasteiger partial charge in [-0.3, -0.25) is 0 Å². The predicted molar refractivity (Wildman–Crippen MR) is 84.3 cm³/mol. The molecule has 3 rings (SSSR count). The fraction of sp³-hybridized carbons (Fsp3) is 0.562. The molecule has 2 atom stereocenters. The van der Waals surface area contributed by atoms with Crippen LogP contribution in [0.1, 0.15) is 32.1 Å². The molecular weight excluding hydrogens is 252 g/mol. The predicted octanol–water partition coefficient (Wildman–Crippen LogP) is 3.90. The van der Waals surface area contributed by atoms with Gasteiger partial charge >= 0.3 is 0 Å². The van der Waals surface area contributed by atoms with Gasteiger partial charge in [0.15, 0.2) is 5.11 Å². The number of thiocarbonyl (C=S) groups is 1. The third-order valence-corrected chi connectivity index (χ3v) is 4.96. The van der Waals surface area contributed by atoms with Crippen LogP contribution in [0.5, 0.6) is 0 Å². The maximum atomic E-state index is 5.56. The number of nitrogens with zero attached hydrogens (tertiary/aromatic N) is 1. The maximum Gasteiger partial charge on any atom is 0.173 e. The standard InChI is InChI=1S/C16H22N2S/c19-16(17-15-8-2-1-3-9-15)18-11-10-13-6-4-5-7-14(13)12-18/h1-3,8-9,13-14H,4-7,10-12H2,(H,17,19)/t13-,14-/m1/s1. The monoisotopic (exact) mass is 274 g/mol. The van der Waals surface area contributed by atoms with Gasteiger partial charge in [-0.2, -0.15) is 0 Å². The number of nitrogens with one attached hydrogen (secondary N) is 1. The van der Waals surface area contributed by atoms with Gasteiger partial charge in [0.25, 0.3) is 0 Å². The summed E-state index contributed by atoms with van der Waals surface area (Å²) in [6.45, 7) is 2.28. The fourth-order valence-corrected chi connectivity index (χ4v) is 3.79. The van der Waals surface area contributed by atoms with Crippen molar-refractivity contribution in [1.82, 2.24) is 4.90 Å². The fourth-order valence-electron chi connectivity index (χ4n) is 3.51. The molecule has 0 bridgehead atoms. The van der Waals surface area contributed by atoms with E-state index in [0.717, 1.165) is 35.7 Å². The highest BCUT2D eigenvalue weighted by Gasteiger charge is 2.31. The zero-order valence-corrected chi connectivity index (χ0v) is 12.2. The van der Waals surface area contributed by atoms with Crippen LogP contribution in [0.15, 0.2) is 30.3 Å². The normalized spacial score (nSPS) is 26.6. The maximum absolute atomic E-state index is 5.56. The van der Waals surface area contributed by atoms with Crippen LogP contribution in [0.2, 0.25) is 0 Å². The van der Waals surface area contributed by atoms with Gasteiger partial charge in [0.2, 0.25) is 0 Å². The first-order valence-corrected chi connectivity index (χ1v) is 7.85. The third-order valence-electron chi connectivity index (χ3n) is 4.60. The Morgan fingerprint density at radius 1 is 1.05 bits per heavy atom. The topological polar surface area (TPSA) is 15.3 Å². The summed E-state index contributed by atoms with van der Waals surface area (Å²) in [6, 6.07) is 10.2. The number of piperidine rings is 1. The minimum atomic E-state index is 0.873. The number of likely N-dealkylation sites (tertiary alicyclic amines) is 1. The van der Waals surface area contributed by atoms with E-state index in [9.17, 15) is 0 Å². The molecule has 1 N–H and O–H groups in total. The molecule has 1 aromatic rings. The molecule has 2 nitrogen and oxygen atoms in total. The highest BCUT2D eigenvalue weighted by molar-refractivity contribution is 7.80. The largest absolute Gasteiger partial charge is 0.349 e. The molecule has 1 saturated carbocycles. The van der Waals surface area contributed by atoms with Gasteiger partial charge in [0.05, 0.1) is 0 Å². The summed E-state index contributed by atoms with van der Waals surface area (Å²) in [6.07, 6.45) is 7.01. The lowest BCUT2D eigenvalue weighted by Gasteiger charge is -2.42. The summed E-state index contributed by atoms with van der Waals surface area (Å²) in [5.41, 5.74) is 1.10. The molecule has 2 aliphatic rings. The molecule has 19 heavy (non-hydrogen) atoms. The number of para-hydroxylation sites is 1. The van der Waals surface area contributed by atoms with E-state index in [1.165, 1.54) is 32.1 Å². The highest BCUT2D eigenvalue weighted by Crippen LogP contribution is 2.36. The number of hydrogen-bond donors (Lipinski definition) is 1. The van der Waals surface area contributed by atoms with Gasteiger partial charge in [-0.1, -0.05) is 37.5 Å². The molecule has 1 aliphatic carbocycles. The third kappa shape index (κ3) is 3.08. The van der Waals surface area contributed by atoms with Gasteiger partial charge in [0, 0.05) is 18.8 Å².